The lowest BCUT2D eigenvalue weighted by atomic mass is 10.2. The molecular weight excluding hydrogens is 300 g/mol. The summed E-state index contributed by atoms with van der Waals surface area (Å²) in [6, 6.07) is 11.0. The highest BCUT2D eigenvalue weighted by Crippen LogP contribution is 2.30. The van der Waals surface area contributed by atoms with E-state index in [4.69, 9.17) is 4.74 Å². The van der Waals surface area contributed by atoms with Gasteiger partial charge >= 0.3 is 0 Å². The van der Waals surface area contributed by atoms with Crippen LogP contribution >= 0.6 is 11.3 Å². The third-order valence-electron chi connectivity index (χ3n) is 3.79. The van der Waals surface area contributed by atoms with Crippen LogP contribution in [0.4, 0.5) is 11.4 Å². The summed E-state index contributed by atoms with van der Waals surface area (Å²) in [6.45, 7) is 2.14. The number of rotatable bonds is 6. The smallest absolute Gasteiger partial charge is 0.292 e. The maximum absolute atomic E-state index is 11.3. The summed E-state index contributed by atoms with van der Waals surface area (Å²) in [5.74, 6) is 0. The minimum absolute atomic E-state index is 0.150. The molecule has 1 unspecified atom stereocenters. The second-order valence-corrected chi connectivity index (χ2v) is 6.37. The van der Waals surface area contributed by atoms with Crippen LogP contribution in [0.1, 0.15) is 17.7 Å². The number of para-hydroxylation sites is 2. The van der Waals surface area contributed by atoms with Gasteiger partial charge in [-0.2, -0.15) is 0 Å². The van der Waals surface area contributed by atoms with Crippen LogP contribution in [-0.4, -0.2) is 24.2 Å². The van der Waals surface area contributed by atoms with Crippen LogP contribution < -0.4 is 4.90 Å². The number of benzene rings is 1. The minimum atomic E-state index is -0.313. The Labute approximate surface area is 133 Å². The van der Waals surface area contributed by atoms with E-state index in [0.717, 1.165) is 19.4 Å². The molecule has 2 heterocycles. The van der Waals surface area contributed by atoms with E-state index in [1.165, 1.54) is 4.88 Å². The molecule has 0 radical (unpaired) electrons. The average molecular weight is 318 g/mol. The maximum Gasteiger partial charge on any atom is 0.292 e. The van der Waals surface area contributed by atoms with Crippen LogP contribution in [0, 0.1) is 10.1 Å². The van der Waals surface area contributed by atoms with Crippen molar-refractivity contribution in [2.75, 3.05) is 18.1 Å². The fourth-order valence-electron chi connectivity index (χ4n) is 2.76. The third-order valence-corrected chi connectivity index (χ3v) is 4.66. The first-order valence-corrected chi connectivity index (χ1v) is 8.24. The molecule has 22 heavy (non-hydrogen) atoms. The summed E-state index contributed by atoms with van der Waals surface area (Å²) in [5.41, 5.74) is 0.813. The van der Waals surface area contributed by atoms with Gasteiger partial charge in [0.1, 0.15) is 5.69 Å². The van der Waals surface area contributed by atoms with Gasteiger partial charge in [-0.05, 0) is 30.4 Å². The van der Waals surface area contributed by atoms with E-state index in [9.17, 15) is 10.1 Å². The van der Waals surface area contributed by atoms with Gasteiger partial charge in [-0.15, -0.1) is 11.3 Å². The molecule has 0 saturated carbocycles. The van der Waals surface area contributed by atoms with Crippen molar-refractivity contribution in [1.82, 2.24) is 0 Å². The molecule has 116 valence electrons. The van der Waals surface area contributed by atoms with E-state index >= 15 is 0 Å². The largest absolute Gasteiger partial charge is 0.376 e. The highest BCUT2D eigenvalue weighted by Gasteiger charge is 2.24. The van der Waals surface area contributed by atoms with Crippen molar-refractivity contribution < 1.29 is 9.66 Å². The monoisotopic (exact) mass is 318 g/mol. The second-order valence-electron chi connectivity index (χ2n) is 5.34. The van der Waals surface area contributed by atoms with Gasteiger partial charge in [-0.25, -0.2) is 0 Å². The topological polar surface area (TPSA) is 55.6 Å². The summed E-state index contributed by atoms with van der Waals surface area (Å²) < 4.78 is 5.72. The molecule has 0 bridgehead atoms. The standard InChI is InChI=1S/C16H18N2O3S/c19-18(20)16-8-2-1-7-15(16)17(11-13-5-3-9-21-13)12-14-6-4-10-22-14/h1-2,4,6-8,10,13H,3,5,9,11-12H2. The van der Waals surface area contributed by atoms with E-state index in [1.54, 1.807) is 23.5 Å². The normalized spacial score (nSPS) is 17.5. The summed E-state index contributed by atoms with van der Waals surface area (Å²) in [7, 11) is 0. The van der Waals surface area contributed by atoms with E-state index in [1.807, 2.05) is 23.6 Å². The van der Waals surface area contributed by atoms with E-state index in [-0.39, 0.29) is 16.7 Å². The van der Waals surface area contributed by atoms with E-state index < -0.39 is 0 Å². The molecule has 1 fully saturated rings. The Hall–Kier alpha value is -1.92. The molecule has 1 aromatic carbocycles. The van der Waals surface area contributed by atoms with Gasteiger partial charge in [-0.1, -0.05) is 18.2 Å². The summed E-state index contributed by atoms with van der Waals surface area (Å²) >= 11 is 1.67. The zero-order valence-corrected chi connectivity index (χ0v) is 13.0. The Morgan fingerprint density at radius 3 is 2.86 bits per heavy atom. The van der Waals surface area contributed by atoms with Crippen LogP contribution in [0.15, 0.2) is 41.8 Å². The van der Waals surface area contributed by atoms with Crippen molar-refractivity contribution in [2.45, 2.75) is 25.5 Å². The first-order valence-electron chi connectivity index (χ1n) is 7.36. The Balaban J connectivity index is 1.88. The Bertz CT molecular complexity index is 624. The first-order chi connectivity index (χ1) is 10.7. The number of thiophene rings is 1. The number of nitro groups is 1. The highest BCUT2D eigenvalue weighted by atomic mass is 32.1. The molecule has 3 rings (SSSR count). The minimum Gasteiger partial charge on any atom is -0.376 e. The Morgan fingerprint density at radius 1 is 1.32 bits per heavy atom. The third kappa shape index (κ3) is 3.45. The van der Waals surface area contributed by atoms with Crippen molar-refractivity contribution in [3.8, 4) is 0 Å². The quantitative estimate of drug-likeness (QED) is 0.600. The molecule has 2 aromatic rings. The molecule has 1 aromatic heterocycles. The molecule has 1 aliphatic heterocycles. The van der Waals surface area contributed by atoms with Crippen LogP contribution in [-0.2, 0) is 11.3 Å². The average Bonchev–Trinajstić information content (AvgIpc) is 3.20. The van der Waals surface area contributed by atoms with Crippen LogP contribution in [0.3, 0.4) is 0 Å². The van der Waals surface area contributed by atoms with Gasteiger partial charge in [0, 0.05) is 24.1 Å². The summed E-state index contributed by atoms with van der Waals surface area (Å²) in [4.78, 5) is 14.3. The molecule has 1 atom stereocenters. The summed E-state index contributed by atoms with van der Waals surface area (Å²) in [6.07, 6.45) is 2.23. The highest BCUT2D eigenvalue weighted by molar-refractivity contribution is 7.09. The number of ether oxygens (including phenoxy) is 1. The first kappa shape index (κ1) is 15.0. The lowest BCUT2D eigenvalue weighted by Gasteiger charge is -2.26. The molecule has 1 aliphatic rings. The van der Waals surface area contributed by atoms with Gasteiger partial charge in [-0.3, -0.25) is 10.1 Å². The van der Waals surface area contributed by atoms with Gasteiger partial charge < -0.3 is 9.64 Å². The molecule has 0 N–H and O–H groups in total. The van der Waals surface area contributed by atoms with Crippen molar-refractivity contribution in [1.29, 1.82) is 0 Å². The molecule has 0 amide bonds. The molecule has 5 nitrogen and oxygen atoms in total. The van der Waals surface area contributed by atoms with Gasteiger partial charge in [0.25, 0.3) is 5.69 Å². The second kappa shape index (κ2) is 6.89. The van der Waals surface area contributed by atoms with Crippen molar-refractivity contribution >= 4 is 22.7 Å². The Morgan fingerprint density at radius 2 is 2.18 bits per heavy atom. The molecule has 0 spiro atoms. The summed E-state index contributed by atoms with van der Waals surface area (Å²) in [5, 5.41) is 13.3. The zero-order chi connectivity index (χ0) is 15.4. The maximum atomic E-state index is 11.3. The number of nitrogens with zero attached hydrogens (tertiary/aromatic N) is 2. The molecular formula is C16H18N2O3S. The lowest BCUT2D eigenvalue weighted by Crippen LogP contribution is -2.32. The number of anilines is 1. The molecule has 6 heteroatoms. The zero-order valence-electron chi connectivity index (χ0n) is 12.2. The Kier molecular flexibility index (Phi) is 4.70. The molecule has 1 saturated heterocycles. The van der Waals surface area contributed by atoms with Gasteiger partial charge in [0.05, 0.1) is 17.6 Å². The predicted molar refractivity (Wildman–Crippen MR) is 87.4 cm³/mol. The number of nitro benzene ring substituents is 1. The van der Waals surface area contributed by atoms with Crippen LogP contribution in [0.2, 0.25) is 0 Å². The van der Waals surface area contributed by atoms with Crippen molar-refractivity contribution in [3.63, 3.8) is 0 Å². The van der Waals surface area contributed by atoms with Gasteiger partial charge in [0.15, 0.2) is 0 Å². The van der Waals surface area contributed by atoms with Crippen LogP contribution in [0.5, 0.6) is 0 Å². The lowest BCUT2D eigenvalue weighted by molar-refractivity contribution is -0.384. The SMILES string of the molecule is O=[N+]([O-])c1ccccc1N(Cc1cccs1)CC1CCCO1. The van der Waals surface area contributed by atoms with E-state index in [0.29, 0.717) is 18.8 Å². The fraction of sp³-hybridized carbons (Fsp3) is 0.375. The van der Waals surface area contributed by atoms with Crippen molar-refractivity contribution in [3.05, 3.63) is 56.8 Å². The number of hydrogen-bond donors (Lipinski definition) is 0. The van der Waals surface area contributed by atoms with Crippen molar-refractivity contribution in [2.24, 2.45) is 0 Å². The van der Waals surface area contributed by atoms with E-state index in [2.05, 4.69) is 11.0 Å². The molecule has 0 aliphatic carbocycles. The van der Waals surface area contributed by atoms with Crippen LogP contribution in [0.25, 0.3) is 0 Å². The number of hydrogen-bond acceptors (Lipinski definition) is 5. The fourth-order valence-corrected chi connectivity index (χ4v) is 3.48. The predicted octanol–water partition coefficient (Wildman–Crippen LogP) is 3.84. The van der Waals surface area contributed by atoms with Gasteiger partial charge in [0.2, 0.25) is 0 Å².